The molecule has 0 atom stereocenters. The molecule has 0 saturated carbocycles. The summed E-state index contributed by atoms with van der Waals surface area (Å²) >= 11 is 0. The van der Waals surface area contributed by atoms with Crippen molar-refractivity contribution in [1.82, 2.24) is 5.32 Å². The van der Waals surface area contributed by atoms with E-state index in [2.05, 4.69) is 5.32 Å². The molecule has 0 heterocycles. The molecule has 0 saturated heterocycles. The summed E-state index contributed by atoms with van der Waals surface area (Å²) in [6.45, 7) is 2.68. The van der Waals surface area contributed by atoms with Crippen LogP contribution in [0.25, 0.3) is 0 Å². The Labute approximate surface area is 161 Å². The van der Waals surface area contributed by atoms with Crippen LogP contribution in [0.15, 0.2) is 48.5 Å². The molecule has 2 aromatic carbocycles. The lowest BCUT2D eigenvalue weighted by Gasteiger charge is -2.24. The van der Waals surface area contributed by atoms with Crippen LogP contribution in [0.5, 0.6) is 5.75 Å². The third kappa shape index (κ3) is 6.29. The van der Waals surface area contributed by atoms with Crippen molar-refractivity contribution in [1.29, 1.82) is 0 Å². The number of rotatable bonds is 9. The van der Waals surface area contributed by atoms with E-state index in [1.807, 2.05) is 31.2 Å². The molecule has 7 heteroatoms. The van der Waals surface area contributed by atoms with E-state index in [-0.39, 0.29) is 18.9 Å². The van der Waals surface area contributed by atoms with Crippen molar-refractivity contribution in [3.8, 4) is 5.75 Å². The van der Waals surface area contributed by atoms with Crippen molar-refractivity contribution < 1.29 is 17.9 Å². The highest BCUT2D eigenvalue weighted by Crippen LogP contribution is 2.29. The van der Waals surface area contributed by atoms with Gasteiger partial charge in [0.05, 0.1) is 19.1 Å². The van der Waals surface area contributed by atoms with Gasteiger partial charge < -0.3 is 10.1 Å². The third-order valence-electron chi connectivity index (χ3n) is 4.13. The number of para-hydroxylation sites is 2. The number of aryl methyl sites for hydroxylation is 1. The molecule has 0 radical (unpaired) electrons. The van der Waals surface area contributed by atoms with Gasteiger partial charge in [-0.15, -0.1) is 0 Å². The Kier molecular flexibility index (Phi) is 7.24. The Balaban J connectivity index is 1.92. The Morgan fingerprint density at radius 3 is 2.41 bits per heavy atom. The number of amides is 1. The molecule has 1 N–H and O–H groups in total. The van der Waals surface area contributed by atoms with Crippen molar-refractivity contribution in [2.24, 2.45) is 0 Å². The van der Waals surface area contributed by atoms with E-state index in [1.54, 1.807) is 24.3 Å². The summed E-state index contributed by atoms with van der Waals surface area (Å²) in [6.07, 6.45) is 1.80. The number of hydrogen-bond acceptors (Lipinski definition) is 4. The van der Waals surface area contributed by atoms with Crippen LogP contribution in [0.2, 0.25) is 0 Å². The zero-order valence-electron chi connectivity index (χ0n) is 15.9. The molecule has 27 heavy (non-hydrogen) atoms. The molecule has 0 aliphatic rings. The Hall–Kier alpha value is -2.54. The number of nitrogens with zero attached hydrogens (tertiary/aromatic N) is 1. The first-order valence-electron chi connectivity index (χ1n) is 8.74. The van der Waals surface area contributed by atoms with Crippen LogP contribution in [-0.4, -0.2) is 34.2 Å². The predicted octanol–water partition coefficient (Wildman–Crippen LogP) is 2.87. The van der Waals surface area contributed by atoms with Crippen LogP contribution in [0.1, 0.15) is 24.0 Å². The molecule has 6 nitrogen and oxygen atoms in total. The average molecular weight is 391 g/mol. The molecule has 2 rings (SSSR count). The monoisotopic (exact) mass is 390 g/mol. The molecule has 0 spiro atoms. The lowest BCUT2D eigenvalue weighted by molar-refractivity contribution is -0.121. The molecule has 0 bridgehead atoms. The fourth-order valence-electron chi connectivity index (χ4n) is 2.68. The molecular weight excluding hydrogens is 364 g/mol. The number of carbonyl (C=O) groups excluding carboxylic acids is 1. The van der Waals surface area contributed by atoms with Crippen LogP contribution >= 0.6 is 0 Å². The minimum absolute atomic E-state index is 0.107. The summed E-state index contributed by atoms with van der Waals surface area (Å²) in [6, 6.07) is 14.9. The highest BCUT2D eigenvalue weighted by molar-refractivity contribution is 7.92. The van der Waals surface area contributed by atoms with E-state index >= 15 is 0 Å². The summed E-state index contributed by atoms with van der Waals surface area (Å²) in [5.74, 6) is 0.371. The number of benzene rings is 2. The Bertz CT molecular complexity index is 864. The molecule has 0 aliphatic heterocycles. The summed E-state index contributed by atoms with van der Waals surface area (Å²) in [5.41, 5.74) is 2.67. The lowest BCUT2D eigenvalue weighted by atomic mass is 10.1. The normalized spacial score (nSPS) is 11.1. The highest BCUT2D eigenvalue weighted by Gasteiger charge is 2.20. The summed E-state index contributed by atoms with van der Waals surface area (Å²) in [5, 5.41) is 2.86. The van der Waals surface area contributed by atoms with E-state index < -0.39 is 10.0 Å². The van der Waals surface area contributed by atoms with Crippen LogP contribution in [0, 0.1) is 6.92 Å². The number of carbonyl (C=O) groups is 1. The molecule has 2 aromatic rings. The topological polar surface area (TPSA) is 75.7 Å². The van der Waals surface area contributed by atoms with Gasteiger partial charge >= 0.3 is 0 Å². The van der Waals surface area contributed by atoms with Crippen molar-refractivity contribution >= 4 is 21.6 Å². The van der Waals surface area contributed by atoms with Crippen LogP contribution in [-0.2, 0) is 21.4 Å². The van der Waals surface area contributed by atoms with Gasteiger partial charge in [0.1, 0.15) is 5.75 Å². The summed E-state index contributed by atoms with van der Waals surface area (Å²) in [4.78, 5) is 12.1. The molecular formula is C20H26N2O4S. The standard InChI is InChI=1S/C20H26N2O4S/c1-16-10-12-17(13-11-16)15-21-20(23)9-6-14-22(27(3,24)25)18-7-4-5-8-19(18)26-2/h4-5,7-8,10-13H,6,9,14-15H2,1-3H3,(H,21,23). The maximum absolute atomic E-state index is 12.2. The van der Waals surface area contributed by atoms with Gasteiger partial charge in [-0.2, -0.15) is 0 Å². The number of hydrogen-bond donors (Lipinski definition) is 1. The van der Waals surface area contributed by atoms with Crippen LogP contribution in [0.4, 0.5) is 5.69 Å². The SMILES string of the molecule is COc1ccccc1N(CCCC(=O)NCc1ccc(C)cc1)S(C)(=O)=O. The zero-order chi connectivity index (χ0) is 19.9. The van der Waals surface area contributed by atoms with Gasteiger partial charge in [0, 0.05) is 19.5 Å². The quantitative estimate of drug-likeness (QED) is 0.714. The lowest BCUT2D eigenvalue weighted by Crippen LogP contribution is -2.32. The maximum atomic E-state index is 12.2. The van der Waals surface area contributed by atoms with E-state index in [4.69, 9.17) is 4.74 Å². The van der Waals surface area contributed by atoms with Gasteiger partial charge in [0.2, 0.25) is 15.9 Å². The summed E-state index contributed by atoms with van der Waals surface area (Å²) in [7, 11) is -1.99. The molecule has 0 aromatic heterocycles. The number of ether oxygens (including phenoxy) is 1. The van der Waals surface area contributed by atoms with Gasteiger partial charge in [0.25, 0.3) is 0 Å². The minimum atomic E-state index is -3.49. The average Bonchev–Trinajstić information content (AvgIpc) is 2.64. The van der Waals surface area contributed by atoms with E-state index in [0.717, 1.165) is 11.8 Å². The van der Waals surface area contributed by atoms with Gasteiger partial charge in [-0.3, -0.25) is 9.10 Å². The number of nitrogens with one attached hydrogen (secondary N) is 1. The largest absolute Gasteiger partial charge is 0.495 e. The summed E-state index contributed by atoms with van der Waals surface area (Å²) < 4.78 is 30.9. The predicted molar refractivity (Wildman–Crippen MR) is 107 cm³/mol. The zero-order valence-corrected chi connectivity index (χ0v) is 16.8. The Morgan fingerprint density at radius 2 is 1.78 bits per heavy atom. The first kappa shape index (κ1) is 20.8. The third-order valence-corrected chi connectivity index (χ3v) is 5.31. The fourth-order valence-corrected chi connectivity index (χ4v) is 3.65. The number of sulfonamides is 1. The Morgan fingerprint density at radius 1 is 1.11 bits per heavy atom. The molecule has 0 fully saturated rings. The van der Waals surface area contributed by atoms with Crippen LogP contribution in [0.3, 0.4) is 0 Å². The first-order valence-corrected chi connectivity index (χ1v) is 10.6. The maximum Gasteiger partial charge on any atom is 0.232 e. The first-order chi connectivity index (χ1) is 12.8. The van der Waals surface area contributed by atoms with Crippen molar-refractivity contribution in [3.05, 3.63) is 59.7 Å². The smallest absolute Gasteiger partial charge is 0.232 e. The van der Waals surface area contributed by atoms with Gasteiger partial charge in [0.15, 0.2) is 0 Å². The minimum Gasteiger partial charge on any atom is -0.495 e. The molecule has 0 unspecified atom stereocenters. The second kappa shape index (κ2) is 9.41. The highest BCUT2D eigenvalue weighted by atomic mass is 32.2. The van der Waals surface area contributed by atoms with Crippen molar-refractivity contribution in [2.45, 2.75) is 26.3 Å². The van der Waals surface area contributed by atoms with Crippen molar-refractivity contribution in [3.63, 3.8) is 0 Å². The van der Waals surface area contributed by atoms with Gasteiger partial charge in [-0.25, -0.2) is 8.42 Å². The van der Waals surface area contributed by atoms with Gasteiger partial charge in [-0.1, -0.05) is 42.0 Å². The number of anilines is 1. The van der Waals surface area contributed by atoms with E-state index in [9.17, 15) is 13.2 Å². The van der Waals surface area contributed by atoms with Crippen molar-refractivity contribution in [2.75, 3.05) is 24.2 Å². The van der Waals surface area contributed by atoms with Gasteiger partial charge in [-0.05, 0) is 31.0 Å². The molecule has 1 amide bonds. The second-order valence-electron chi connectivity index (χ2n) is 6.37. The van der Waals surface area contributed by atoms with E-state index in [1.165, 1.54) is 17.0 Å². The second-order valence-corrected chi connectivity index (χ2v) is 8.28. The molecule has 0 aliphatic carbocycles. The van der Waals surface area contributed by atoms with E-state index in [0.29, 0.717) is 24.4 Å². The van der Waals surface area contributed by atoms with Crippen LogP contribution < -0.4 is 14.4 Å². The number of methoxy groups -OCH3 is 1. The fraction of sp³-hybridized carbons (Fsp3) is 0.350. The molecule has 146 valence electrons.